The van der Waals surface area contributed by atoms with Gasteiger partial charge in [0.15, 0.2) is 0 Å². The standard InChI is InChI=1S/C34H33BO2/c1-25(2)37-35(36-3)34-23-32(27-13-8-5-9-14-27)22-33(24-34)31-16-10-15-30(21-31)29-19-17-28(18-20-29)26-11-6-4-7-12-26/h5-6,8-25H,4,7H2,1-3H3. The molecule has 0 bridgehead atoms. The molecule has 184 valence electrons. The van der Waals surface area contributed by atoms with Crippen LogP contribution in [0.3, 0.4) is 0 Å². The third kappa shape index (κ3) is 6.02. The molecule has 37 heavy (non-hydrogen) atoms. The number of benzene rings is 4. The Balaban J connectivity index is 1.52. The van der Waals surface area contributed by atoms with Crippen LogP contribution >= 0.6 is 0 Å². The second kappa shape index (κ2) is 11.6. The van der Waals surface area contributed by atoms with Gasteiger partial charge in [-0.1, -0.05) is 103 Å². The zero-order valence-electron chi connectivity index (χ0n) is 21.9. The van der Waals surface area contributed by atoms with Crippen molar-refractivity contribution in [2.24, 2.45) is 0 Å². The third-order valence-electron chi connectivity index (χ3n) is 6.69. The lowest BCUT2D eigenvalue weighted by Gasteiger charge is -2.18. The molecule has 2 nitrogen and oxygen atoms in total. The Kier molecular flexibility index (Phi) is 7.84. The van der Waals surface area contributed by atoms with E-state index < -0.39 is 7.12 Å². The summed E-state index contributed by atoms with van der Waals surface area (Å²) >= 11 is 0. The highest BCUT2D eigenvalue weighted by Gasteiger charge is 2.23. The zero-order chi connectivity index (χ0) is 25.6. The summed E-state index contributed by atoms with van der Waals surface area (Å²) in [5.41, 5.74) is 10.6. The molecule has 0 amide bonds. The highest BCUT2D eigenvalue weighted by atomic mass is 16.6. The van der Waals surface area contributed by atoms with Crippen molar-refractivity contribution in [2.75, 3.05) is 7.11 Å². The zero-order valence-corrected chi connectivity index (χ0v) is 21.9. The number of rotatable bonds is 8. The molecule has 0 saturated carbocycles. The first-order valence-corrected chi connectivity index (χ1v) is 13.1. The molecule has 0 spiro atoms. The second-order valence-electron chi connectivity index (χ2n) is 9.76. The largest absolute Gasteiger partial charge is 0.493 e. The molecular weight excluding hydrogens is 451 g/mol. The lowest BCUT2D eigenvalue weighted by atomic mass is 9.76. The predicted octanol–water partition coefficient (Wildman–Crippen LogP) is 8.19. The number of hydrogen-bond acceptors (Lipinski definition) is 2. The van der Waals surface area contributed by atoms with Crippen LogP contribution in [-0.2, 0) is 9.31 Å². The maximum Gasteiger partial charge on any atom is 0.493 e. The summed E-state index contributed by atoms with van der Waals surface area (Å²) in [5, 5.41) is 0. The summed E-state index contributed by atoms with van der Waals surface area (Å²) < 4.78 is 11.8. The molecule has 5 rings (SSSR count). The van der Waals surface area contributed by atoms with Gasteiger partial charge in [0, 0.05) is 13.2 Å². The van der Waals surface area contributed by atoms with Crippen molar-refractivity contribution < 1.29 is 9.31 Å². The van der Waals surface area contributed by atoms with Crippen LogP contribution in [0.1, 0.15) is 32.3 Å². The van der Waals surface area contributed by atoms with E-state index in [1.54, 1.807) is 7.11 Å². The van der Waals surface area contributed by atoms with Gasteiger partial charge in [-0.25, -0.2) is 0 Å². The fourth-order valence-corrected chi connectivity index (χ4v) is 4.83. The Morgan fingerprint density at radius 1 is 0.622 bits per heavy atom. The second-order valence-corrected chi connectivity index (χ2v) is 9.76. The van der Waals surface area contributed by atoms with Gasteiger partial charge >= 0.3 is 7.12 Å². The first-order chi connectivity index (χ1) is 18.1. The van der Waals surface area contributed by atoms with E-state index in [1.165, 1.54) is 27.8 Å². The van der Waals surface area contributed by atoms with Gasteiger partial charge in [0.05, 0.1) is 0 Å². The van der Waals surface area contributed by atoms with Crippen LogP contribution in [0.25, 0.3) is 39.0 Å². The van der Waals surface area contributed by atoms with E-state index in [0.717, 1.165) is 35.0 Å². The minimum Gasteiger partial charge on any atom is -0.410 e. The summed E-state index contributed by atoms with van der Waals surface area (Å²) in [5.74, 6) is 0. The first-order valence-electron chi connectivity index (χ1n) is 13.1. The van der Waals surface area contributed by atoms with Crippen molar-refractivity contribution in [2.45, 2.75) is 32.8 Å². The molecule has 1 aliphatic carbocycles. The molecule has 0 heterocycles. The van der Waals surface area contributed by atoms with Gasteiger partial charge in [-0.05, 0) is 88.8 Å². The first kappa shape index (κ1) is 25.0. The van der Waals surface area contributed by atoms with Gasteiger partial charge in [-0.3, -0.25) is 0 Å². The lowest BCUT2D eigenvalue weighted by molar-refractivity contribution is 0.188. The Bertz CT molecular complexity index is 1400. The Morgan fingerprint density at radius 2 is 1.22 bits per heavy atom. The van der Waals surface area contributed by atoms with E-state index in [-0.39, 0.29) is 6.10 Å². The van der Waals surface area contributed by atoms with Gasteiger partial charge in [0.1, 0.15) is 0 Å². The van der Waals surface area contributed by atoms with Gasteiger partial charge in [0.2, 0.25) is 0 Å². The highest BCUT2D eigenvalue weighted by Crippen LogP contribution is 2.31. The predicted molar refractivity (Wildman–Crippen MR) is 158 cm³/mol. The molecule has 0 N–H and O–H groups in total. The van der Waals surface area contributed by atoms with E-state index >= 15 is 0 Å². The molecule has 0 aliphatic heterocycles. The van der Waals surface area contributed by atoms with Gasteiger partial charge in [-0.2, -0.15) is 0 Å². The smallest absolute Gasteiger partial charge is 0.410 e. The van der Waals surface area contributed by atoms with E-state index in [1.807, 2.05) is 19.9 Å². The molecule has 0 unspecified atom stereocenters. The summed E-state index contributed by atoms with van der Waals surface area (Å²) in [4.78, 5) is 0. The average molecular weight is 484 g/mol. The molecule has 0 atom stereocenters. The van der Waals surface area contributed by atoms with Crippen LogP contribution in [0, 0.1) is 0 Å². The molecule has 0 aromatic heterocycles. The quantitative estimate of drug-likeness (QED) is 0.235. The van der Waals surface area contributed by atoms with E-state index in [9.17, 15) is 0 Å². The molecule has 0 saturated heterocycles. The summed E-state index contributed by atoms with van der Waals surface area (Å²) in [6, 6.07) is 34.8. The Morgan fingerprint density at radius 3 is 1.86 bits per heavy atom. The normalized spacial score (nSPS) is 13.0. The van der Waals surface area contributed by atoms with E-state index in [0.29, 0.717) is 0 Å². The van der Waals surface area contributed by atoms with Crippen LogP contribution in [0.5, 0.6) is 0 Å². The van der Waals surface area contributed by atoms with Crippen molar-refractivity contribution >= 4 is 18.2 Å². The minimum atomic E-state index is -0.429. The minimum absolute atomic E-state index is 0.0555. The van der Waals surface area contributed by atoms with Crippen LogP contribution in [0.4, 0.5) is 0 Å². The molecule has 4 aromatic rings. The maximum atomic E-state index is 6.09. The molecule has 1 aliphatic rings. The van der Waals surface area contributed by atoms with Crippen molar-refractivity contribution in [3.63, 3.8) is 0 Å². The van der Waals surface area contributed by atoms with Crippen molar-refractivity contribution in [1.82, 2.24) is 0 Å². The number of hydrogen-bond donors (Lipinski definition) is 0. The molecule has 4 aromatic carbocycles. The molecule has 3 heteroatoms. The van der Waals surface area contributed by atoms with E-state index in [2.05, 4.69) is 109 Å². The maximum absolute atomic E-state index is 6.09. The average Bonchev–Trinajstić information content (AvgIpc) is 2.96. The summed E-state index contributed by atoms with van der Waals surface area (Å²) in [6.45, 7) is 4.06. The fourth-order valence-electron chi connectivity index (χ4n) is 4.83. The Hall–Kier alpha value is -3.66. The molecule has 0 fully saturated rings. The van der Waals surface area contributed by atoms with Crippen molar-refractivity contribution in [3.05, 3.63) is 121 Å². The molecule has 0 radical (unpaired) electrons. The van der Waals surface area contributed by atoms with Crippen LogP contribution in [0.2, 0.25) is 0 Å². The topological polar surface area (TPSA) is 18.5 Å². The third-order valence-corrected chi connectivity index (χ3v) is 6.69. The highest BCUT2D eigenvalue weighted by molar-refractivity contribution is 6.61. The van der Waals surface area contributed by atoms with Gasteiger partial charge < -0.3 is 9.31 Å². The van der Waals surface area contributed by atoms with Crippen molar-refractivity contribution in [3.8, 4) is 33.4 Å². The SMILES string of the molecule is COB(OC(C)C)c1cc(-c2ccccc2)cc(-c2cccc(-c3ccc(C4=CCCC=C4)cc3)c2)c1. The van der Waals surface area contributed by atoms with Gasteiger partial charge in [0.25, 0.3) is 0 Å². The monoisotopic (exact) mass is 484 g/mol. The summed E-state index contributed by atoms with van der Waals surface area (Å²) in [6.07, 6.45) is 9.11. The molecular formula is C34H33BO2. The summed E-state index contributed by atoms with van der Waals surface area (Å²) in [7, 11) is 1.27. The van der Waals surface area contributed by atoms with E-state index in [4.69, 9.17) is 9.31 Å². The number of allylic oxidation sites excluding steroid dienone is 4. The van der Waals surface area contributed by atoms with Gasteiger partial charge in [-0.15, -0.1) is 0 Å². The van der Waals surface area contributed by atoms with Crippen molar-refractivity contribution in [1.29, 1.82) is 0 Å². The van der Waals surface area contributed by atoms with Crippen LogP contribution in [-0.4, -0.2) is 20.3 Å². The van der Waals surface area contributed by atoms with Crippen LogP contribution < -0.4 is 5.46 Å². The van der Waals surface area contributed by atoms with Crippen LogP contribution in [0.15, 0.2) is 115 Å². The Labute approximate surface area is 221 Å². The lowest BCUT2D eigenvalue weighted by Crippen LogP contribution is -2.38. The fraction of sp³-hybridized carbons (Fsp3) is 0.176.